The maximum absolute atomic E-state index is 12.2. The van der Waals surface area contributed by atoms with Crippen LogP contribution in [0.25, 0.3) is 0 Å². The highest BCUT2D eigenvalue weighted by molar-refractivity contribution is 5.76. The Bertz CT molecular complexity index is 259. The molecule has 2 aliphatic rings. The van der Waals surface area contributed by atoms with Gasteiger partial charge in [0.1, 0.15) is 0 Å². The first kappa shape index (κ1) is 13.8. The van der Waals surface area contributed by atoms with E-state index in [-0.39, 0.29) is 0 Å². The third-order valence-corrected chi connectivity index (χ3v) is 4.16. The van der Waals surface area contributed by atoms with E-state index >= 15 is 0 Å². The van der Waals surface area contributed by atoms with Crippen LogP contribution in [0.2, 0.25) is 0 Å². The van der Waals surface area contributed by atoms with E-state index in [2.05, 4.69) is 5.32 Å². The summed E-state index contributed by atoms with van der Waals surface area (Å²) >= 11 is 0. The fourth-order valence-corrected chi connectivity index (χ4v) is 2.92. The Balaban J connectivity index is 1.69. The van der Waals surface area contributed by atoms with Gasteiger partial charge in [-0.25, -0.2) is 0 Å². The smallest absolute Gasteiger partial charge is 0.222 e. The molecule has 0 radical (unpaired) electrons. The molecule has 0 bridgehead atoms. The number of rotatable bonds is 4. The lowest BCUT2D eigenvalue weighted by Crippen LogP contribution is -2.37. The highest BCUT2D eigenvalue weighted by Crippen LogP contribution is 2.18. The Kier molecular flexibility index (Phi) is 5.45. The predicted molar refractivity (Wildman–Crippen MR) is 71.4 cm³/mol. The van der Waals surface area contributed by atoms with Crippen LogP contribution in [0.15, 0.2) is 0 Å². The molecule has 0 aromatic rings. The minimum atomic E-state index is 0.315. The molecule has 104 valence electrons. The highest BCUT2D eigenvalue weighted by atomic mass is 16.5. The zero-order valence-electron chi connectivity index (χ0n) is 11.5. The van der Waals surface area contributed by atoms with Crippen molar-refractivity contribution in [3.63, 3.8) is 0 Å². The standard InChI is InChI=1S/C14H26N2O2/c1-16(11-12-4-7-18-8-5-12)14(17)9-13-3-2-6-15-10-13/h12-13,15H,2-11H2,1H3. The molecule has 0 aromatic carbocycles. The van der Waals surface area contributed by atoms with Gasteiger partial charge in [0, 0.05) is 33.2 Å². The molecule has 0 spiro atoms. The van der Waals surface area contributed by atoms with Crippen molar-refractivity contribution in [2.45, 2.75) is 32.1 Å². The van der Waals surface area contributed by atoms with Gasteiger partial charge >= 0.3 is 0 Å². The lowest BCUT2D eigenvalue weighted by atomic mass is 9.95. The number of piperidine rings is 1. The van der Waals surface area contributed by atoms with Gasteiger partial charge in [-0.2, -0.15) is 0 Å². The van der Waals surface area contributed by atoms with Crippen molar-refractivity contribution in [1.29, 1.82) is 0 Å². The van der Waals surface area contributed by atoms with Crippen molar-refractivity contribution in [2.75, 3.05) is 39.9 Å². The van der Waals surface area contributed by atoms with E-state index in [0.29, 0.717) is 24.2 Å². The molecule has 2 fully saturated rings. The molecule has 0 aliphatic carbocycles. The summed E-state index contributed by atoms with van der Waals surface area (Å²) in [5.74, 6) is 1.50. The Morgan fingerprint density at radius 2 is 2.06 bits per heavy atom. The SMILES string of the molecule is CN(CC1CCOCC1)C(=O)CC1CCCNC1. The van der Waals surface area contributed by atoms with Gasteiger partial charge in [-0.15, -0.1) is 0 Å². The summed E-state index contributed by atoms with van der Waals surface area (Å²) in [4.78, 5) is 14.1. The van der Waals surface area contributed by atoms with E-state index in [4.69, 9.17) is 4.74 Å². The van der Waals surface area contributed by atoms with E-state index in [9.17, 15) is 4.79 Å². The van der Waals surface area contributed by atoms with Gasteiger partial charge < -0.3 is 15.0 Å². The monoisotopic (exact) mass is 254 g/mol. The van der Waals surface area contributed by atoms with Crippen LogP contribution >= 0.6 is 0 Å². The van der Waals surface area contributed by atoms with Crippen molar-refractivity contribution in [3.8, 4) is 0 Å². The van der Waals surface area contributed by atoms with Crippen molar-refractivity contribution in [3.05, 3.63) is 0 Å². The van der Waals surface area contributed by atoms with Gasteiger partial charge in [0.15, 0.2) is 0 Å². The molecule has 0 saturated carbocycles. The summed E-state index contributed by atoms with van der Waals surface area (Å²) in [7, 11) is 1.95. The van der Waals surface area contributed by atoms with E-state index in [1.807, 2.05) is 11.9 Å². The summed E-state index contributed by atoms with van der Waals surface area (Å²) in [6.45, 7) is 4.75. The van der Waals surface area contributed by atoms with Crippen LogP contribution in [0.3, 0.4) is 0 Å². The van der Waals surface area contributed by atoms with E-state index in [1.165, 1.54) is 12.8 Å². The Morgan fingerprint density at radius 1 is 1.28 bits per heavy atom. The van der Waals surface area contributed by atoms with Gasteiger partial charge in [-0.3, -0.25) is 4.79 Å². The first-order valence-electron chi connectivity index (χ1n) is 7.28. The molecule has 1 unspecified atom stereocenters. The van der Waals surface area contributed by atoms with E-state index < -0.39 is 0 Å². The molecule has 18 heavy (non-hydrogen) atoms. The maximum atomic E-state index is 12.2. The average molecular weight is 254 g/mol. The highest BCUT2D eigenvalue weighted by Gasteiger charge is 2.22. The van der Waals surface area contributed by atoms with Crippen molar-refractivity contribution < 1.29 is 9.53 Å². The van der Waals surface area contributed by atoms with Gasteiger partial charge in [-0.05, 0) is 50.6 Å². The van der Waals surface area contributed by atoms with Gasteiger partial charge in [0.2, 0.25) is 5.91 Å². The molecule has 2 aliphatic heterocycles. The minimum absolute atomic E-state index is 0.315. The minimum Gasteiger partial charge on any atom is -0.381 e. The Hall–Kier alpha value is -0.610. The zero-order valence-corrected chi connectivity index (χ0v) is 11.5. The van der Waals surface area contributed by atoms with Crippen molar-refractivity contribution in [2.24, 2.45) is 11.8 Å². The third-order valence-electron chi connectivity index (χ3n) is 4.16. The normalized spacial score (nSPS) is 25.9. The summed E-state index contributed by atoms with van der Waals surface area (Å²) < 4.78 is 5.35. The van der Waals surface area contributed by atoms with Gasteiger partial charge in [0.05, 0.1) is 0 Å². The molecule has 2 heterocycles. The molecule has 4 nitrogen and oxygen atoms in total. The predicted octanol–water partition coefficient (Wildman–Crippen LogP) is 1.26. The average Bonchev–Trinajstić information content (AvgIpc) is 2.41. The molecular formula is C14H26N2O2. The number of hydrogen-bond donors (Lipinski definition) is 1. The van der Waals surface area contributed by atoms with Crippen molar-refractivity contribution in [1.82, 2.24) is 10.2 Å². The first-order chi connectivity index (χ1) is 8.75. The number of nitrogens with one attached hydrogen (secondary N) is 1. The number of amides is 1. The quantitative estimate of drug-likeness (QED) is 0.821. The molecular weight excluding hydrogens is 228 g/mol. The van der Waals surface area contributed by atoms with Crippen LogP contribution in [-0.4, -0.2) is 50.7 Å². The zero-order chi connectivity index (χ0) is 12.8. The van der Waals surface area contributed by atoms with Crippen LogP contribution in [-0.2, 0) is 9.53 Å². The fraction of sp³-hybridized carbons (Fsp3) is 0.929. The lowest BCUT2D eigenvalue weighted by Gasteiger charge is -2.29. The number of ether oxygens (including phenoxy) is 1. The first-order valence-corrected chi connectivity index (χ1v) is 7.28. The number of carbonyl (C=O) groups is 1. The van der Waals surface area contributed by atoms with Gasteiger partial charge in [-0.1, -0.05) is 0 Å². The number of hydrogen-bond acceptors (Lipinski definition) is 3. The van der Waals surface area contributed by atoms with E-state index in [0.717, 1.165) is 45.7 Å². The second kappa shape index (κ2) is 7.10. The van der Waals surface area contributed by atoms with Crippen LogP contribution in [0.5, 0.6) is 0 Å². The molecule has 2 saturated heterocycles. The van der Waals surface area contributed by atoms with Crippen molar-refractivity contribution >= 4 is 5.91 Å². The van der Waals surface area contributed by atoms with E-state index in [1.54, 1.807) is 0 Å². The lowest BCUT2D eigenvalue weighted by molar-refractivity contribution is -0.132. The second-order valence-electron chi connectivity index (χ2n) is 5.75. The fourth-order valence-electron chi connectivity index (χ4n) is 2.92. The maximum Gasteiger partial charge on any atom is 0.222 e. The summed E-state index contributed by atoms with van der Waals surface area (Å²) in [5, 5.41) is 3.37. The number of nitrogens with zero attached hydrogens (tertiary/aromatic N) is 1. The summed E-state index contributed by atoms with van der Waals surface area (Å²) in [5.41, 5.74) is 0. The molecule has 2 rings (SSSR count). The summed E-state index contributed by atoms with van der Waals surface area (Å²) in [6, 6.07) is 0. The van der Waals surface area contributed by atoms with Gasteiger partial charge in [0.25, 0.3) is 0 Å². The summed E-state index contributed by atoms with van der Waals surface area (Å²) in [6.07, 6.45) is 5.32. The number of carbonyl (C=O) groups excluding carboxylic acids is 1. The Morgan fingerprint density at radius 3 is 2.72 bits per heavy atom. The van der Waals surface area contributed by atoms with Crippen LogP contribution in [0.1, 0.15) is 32.1 Å². The molecule has 1 N–H and O–H groups in total. The largest absolute Gasteiger partial charge is 0.381 e. The third kappa shape index (κ3) is 4.25. The topological polar surface area (TPSA) is 41.6 Å². The van der Waals surface area contributed by atoms with Crippen LogP contribution in [0.4, 0.5) is 0 Å². The molecule has 4 heteroatoms. The molecule has 0 aromatic heterocycles. The van der Waals surface area contributed by atoms with Crippen LogP contribution < -0.4 is 5.32 Å². The molecule has 1 atom stereocenters. The Labute approximate surface area is 110 Å². The second-order valence-corrected chi connectivity index (χ2v) is 5.75. The van der Waals surface area contributed by atoms with Crippen LogP contribution in [0, 0.1) is 11.8 Å². The molecule has 1 amide bonds.